The van der Waals surface area contributed by atoms with E-state index < -0.39 is 0 Å². The first-order valence-corrected chi connectivity index (χ1v) is 7.02. The van der Waals surface area contributed by atoms with Crippen LogP contribution < -0.4 is 10.2 Å². The number of pyridine rings is 1. The fraction of sp³-hybridized carbons (Fsp3) is 0.312. The second-order valence-electron chi connectivity index (χ2n) is 5.13. The number of fused-ring (bicyclic) bond motifs is 1. The Bertz CT molecular complexity index is 735. The first-order valence-electron chi connectivity index (χ1n) is 7.02. The minimum Gasteiger partial charge on any atom is -0.357 e. The fourth-order valence-electron chi connectivity index (χ4n) is 2.87. The number of hydrogen-bond donors (Lipinski definition) is 1. The summed E-state index contributed by atoms with van der Waals surface area (Å²) in [5.74, 6) is 0.591. The van der Waals surface area contributed by atoms with Gasteiger partial charge in [0.05, 0.1) is 11.1 Å². The average Bonchev–Trinajstić information content (AvgIpc) is 3.02. The van der Waals surface area contributed by atoms with Crippen molar-refractivity contribution in [3.05, 3.63) is 35.9 Å². The molecule has 5 nitrogen and oxygen atoms in total. The Hall–Kier alpha value is -2.61. The van der Waals surface area contributed by atoms with Crippen LogP contribution in [0.25, 0.3) is 10.9 Å². The van der Waals surface area contributed by atoms with Crippen molar-refractivity contribution in [1.29, 1.82) is 5.26 Å². The molecule has 1 unspecified atom stereocenters. The Morgan fingerprint density at radius 2 is 2.29 bits per heavy atom. The van der Waals surface area contributed by atoms with Crippen molar-refractivity contribution >= 4 is 22.6 Å². The number of carbonyl (C=O) groups is 1. The number of likely N-dealkylation sites (N-methyl/N-ethyl adjacent to an activating group) is 1. The summed E-state index contributed by atoms with van der Waals surface area (Å²) in [6, 6.07) is 11.5. The number of rotatable bonds is 2. The van der Waals surface area contributed by atoms with Crippen LogP contribution in [-0.4, -0.2) is 30.5 Å². The lowest BCUT2D eigenvalue weighted by Crippen LogP contribution is -2.42. The number of nitrogens with one attached hydrogen (secondary N) is 1. The Kier molecular flexibility index (Phi) is 3.44. The van der Waals surface area contributed by atoms with Gasteiger partial charge in [-0.1, -0.05) is 18.2 Å². The highest BCUT2D eigenvalue weighted by atomic mass is 16.2. The van der Waals surface area contributed by atoms with E-state index in [1.165, 1.54) is 0 Å². The minimum atomic E-state index is -0.240. The number of amides is 1. The maximum absolute atomic E-state index is 12.0. The SMILES string of the molecule is CNC(=O)C1CCCN1c1nc2ccccc2cc1C#N. The molecule has 2 heterocycles. The van der Waals surface area contributed by atoms with Crippen LogP contribution in [0.2, 0.25) is 0 Å². The lowest BCUT2D eigenvalue weighted by molar-refractivity contribution is -0.121. The predicted molar refractivity (Wildman–Crippen MR) is 80.9 cm³/mol. The van der Waals surface area contributed by atoms with Gasteiger partial charge in [-0.15, -0.1) is 0 Å². The number of nitriles is 1. The van der Waals surface area contributed by atoms with E-state index in [1.54, 1.807) is 7.05 Å². The molecule has 1 aromatic carbocycles. The molecule has 1 atom stereocenters. The summed E-state index contributed by atoms with van der Waals surface area (Å²) in [4.78, 5) is 18.6. The van der Waals surface area contributed by atoms with Crippen LogP contribution in [0.4, 0.5) is 5.82 Å². The topological polar surface area (TPSA) is 69.0 Å². The standard InChI is InChI=1S/C16H16N4O/c1-18-16(21)14-7-4-8-20(14)15-12(10-17)9-11-5-2-3-6-13(11)19-15/h2-3,5-6,9,14H,4,7-8H2,1H3,(H,18,21). The van der Waals surface area contributed by atoms with E-state index >= 15 is 0 Å². The smallest absolute Gasteiger partial charge is 0.242 e. The lowest BCUT2D eigenvalue weighted by Gasteiger charge is -2.25. The van der Waals surface area contributed by atoms with Crippen molar-refractivity contribution in [3.63, 3.8) is 0 Å². The predicted octanol–water partition coefficient (Wildman–Crippen LogP) is 1.82. The van der Waals surface area contributed by atoms with Gasteiger partial charge in [0.1, 0.15) is 17.9 Å². The van der Waals surface area contributed by atoms with Gasteiger partial charge in [-0.2, -0.15) is 5.26 Å². The maximum atomic E-state index is 12.0. The molecule has 1 aliphatic heterocycles. The van der Waals surface area contributed by atoms with Crippen molar-refractivity contribution in [2.75, 3.05) is 18.5 Å². The Balaban J connectivity index is 2.10. The summed E-state index contributed by atoms with van der Waals surface area (Å²) in [6.45, 7) is 0.748. The van der Waals surface area contributed by atoms with Crippen molar-refractivity contribution in [2.24, 2.45) is 0 Å². The molecule has 1 fully saturated rings. The van der Waals surface area contributed by atoms with Crippen LogP contribution in [0.1, 0.15) is 18.4 Å². The molecule has 1 saturated heterocycles. The molecule has 1 N–H and O–H groups in total. The van der Waals surface area contributed by atoms with Crippen LogP contribution in [0, 0.1) is 11.3 Å². The van der Waals surface area contributed by atoms with Gasteiger partial charge >= 0.3 is 0 Å². The summed E-state index contributed by atoms with van der Waals surface area (Å²) in [7, 11) is 1.64. The Morgan fingerprint density at radius 3 is 3.05 bits per heavy atom. The molecule has 5 heteroatoms. The first-order chi connectivity index (χ1) is 10.2. The van der Waals surface area contributed by atoms with Crippen LogP contribution in [0.5, 0.6) is 0 Å². The third-order valence-electron chi connectivity index (χ3n) is 3.90. The molecule has 106 valence electrons. The van der Waals surface area contributed by atoms with E-state index in [2.05, 4.69) is 16.4 Å². The zero-order valence-corrected chi connectivity index (χ0v) is 11.8. The minimum absolute atomic E-state index is 0.0219. The molecular weight excluding hydrogens is 264 g/mol. The lowest BCUT2D eigenvalue weighted by atomic mass is 10.1. The number of anilines is 1. The normalized spacial score (nSPS) is 17.7. The molecule has 1 amide bonds. The van der Waals surface area contributed by atoms with Crippen molar-refractivity contribution in [1.82, 2.24) is 10.3 Å². The van der Waals surface area contributed by atoms with Gasteiger partial charge < -0.3 is 10.2 Å². The van der Waals surface area contributed by atoms with Crippen LogP contribution in [0.15, 0.2) is 30.3 Å². The van der Waals surface area contributed by atoms with E-state index in [1.807, 2.05) is 35.2 Å². The Morgan fingerprint density at radius 1 is 1.48 bits per heavy atom. The van der Waals surface area contributed by atoms with Crippen LogP contribution in [-0.2, 0) is 4.79 Å². The second kappa shape index (κ2) is 5.41. The summed E-state index contributed by atoms with van der Waals surface area (Å²) in [6.07, 6.45) is 1.72. The van der Waals surface area contributed by atoms with Crippen molar-refractivity contribution in [3.8, 4) is 6.07 Å². The van der Waals surface area contributed by atoms with Gasteiger partial charge in [0, 0.05) is 19.0 Å². The number of para-hydroxylation sites is 1. The van der Waals surface area contributed by atoms with Gasteiger partial charge in [-0.3, -0.25) is 4.79 Å². The molecule has 0 aliphatic carbocycles. The number of hydrogen-bond acceptors (Lipinski definition) is 4. The fourth-order valence-corrected chi connectivity index (χ4v) is 2.87. The summed E-state index contributed by atoms with van der Waals surface area (Å²) >= 11 is 0. The second-order valence-corrected chi connectivity index (χ2v) is 5.13. The molecular formula is C16H16N4O. The zero-order chi connectivity index (χ0) is 14.8. The van der Waals surface area contributed by atoms with Gasteiger partial charge in [0.15, 0.2) is 0 Å². The van der Waals surface area contributed by atoms with E-state index in [0.717, 1.165) is 30.3 Å². The largest absolute Gasteiger partial charge is 0.357 e. The highest BCUT2D eigenvalue weighted by Gasteiger charge is 2.32. The molecule has 0 saturated carbocycles. The zero-order valence-electron chi connectivity index (χ0n) is 11.8. The highest BCUT2D eigenvalue weighted by Crippen LogP contribution is 2.29. The van der Waals surface area contributed by atoms with Crippen molar-refractivity contribution in [2.45, 2.75) is 18.9 Å². The molecule has 1 aliphatic rings. The first kappa shape index (κ1) is 13.4. The van der Waals surface area contributed by atoms with Gasteiger partial charge in [-0.25, -0.2) is 4.98 Å². The molecule has 0 radical (unpaired) electrons. The number of benzene rings is 1. The van der Waals surface area contributed by atoms with E-state index in [4.69, 9.17) is 0 Å². The number of aromatic nitrogens is 1. The average molecular weight is 280 g/mol. The quantitative estimate of drug-likeness (QED) is 0.911. The van der Waals surface area contributed by atoms with Crippen LogP contribution >= 0.6 is 0 Å². The number of nitrogens with zero attached hydrogens (tertiary/aromatic N) is 3. The van der Waals surface area contributed by atoms with E-state index in [9.17, 15) is 10.1 Å². The molecule has 3 rings (SSSR count). The molecule has 21 heavy (non-hydrogen) atoms. The van der Waals surface area contributed by atoms with Crippen molar-refractivity contribution < 1.29 is 4.79 Å². The third kappa shape index (κ3) is 2.29. The summed E-state index contributed by atoms with van der Waals surface area (Å²) < 4.78 is 0. The highest BCUT2D eigenvalue weighted by molar-refractivity contribution is 5.88. The van der Waals surface area contributed by atoms with Gasteiger partial charge in [0.25, 0.3) is 0 Å². The maximum Gasteiger partial charge on any atom is 0.242 e. The van der Waals surface area contributed by atoms with Gasteiger partial charge in [-0.05, 0) is 25.0 Å². The number of carbonyl (C=O) groups excluding carboxylic acids is 1. The Labute approximate surface area is 123 Å². The van der Waals surface area contributed by atoms with E-state index in [0.29, 0.717) is 11.4 Å². The summed E-state index contributed by atoms with van der Waals surface area (Å²) in [5.41, 5.74) is 1.36. The molecule has 0 bridgehead atoms. The summed E-state index contributed by atoms with van der Waals surface area (Å²) in [5, 5.41) is 13.0. The molecule has 0 spiro atoms. The van der Waals surface area contributed by atoms with Crippen LogP contribution in [0.3, 0.4) is 0 Å². The monoisotopic (exact) mass is 280 g/mol. The molecule has 2 aromatic rings. The van der Waals surface area contributed by atoms with Gasteiger partial charge in [0.2, 0.25) is 5.91 Å². The molecule has 1 aromatic heterocycles. The third-order valence-corrected chi connectivity index (χ3v) is 3.90. The van der Waals surface area contributed by atoms with E-state index in [-0.39, 0.29) is 11.9 Å².